The topological polar surface area (TPSA) is 76.8 Å². The number of pyridine rings is 1. The average Bonchev–Trinajstić information content (AvgIpc) is 2.81. The highest BCUT2D eigenvalue weighted by molar-refractivity contribution is 5.89. The van der Waals surface area contributed by atoms with Crippen molar-refractivity contribution in [3.05, 3.63) is 77.6 Å². The maximum Gasteiger partial charge on any atom is 0.253 e. The zero-order valence-electron chi connectivity index (χ0n) is 16.9. The molecule has 0 amide bonds. The van der Waals surface area contributed by atoms with Crippen LogP contribution in [0.3, 0.4) is 0 Å². The first kappa shape index (κ1) is 19.3. The van der Waals surface area contributed by atoms with Crippen LogP contribution in [0.2, 0.25) is 0 Å². The Balaban J connectivity index is 1.28. The third-order valence-electron chi connectivity index (χ3n) is 5.80. The maximum atomic E-state index is 13.7. The lowest BCUT2D eigenvalue weighted by Crippen LogP contribution is -2.37. The second-order valence-corrected chi connectivity index (χ2v) is 7.79. The normalized spacial score (nSPS) is 14.8. The third kappa shape index (κ3) is 4.01. The summed E-state index contributed by atoms with van der Waals surface area (Å²) in [4.78, 5) is 31.9. The van der Waals surface area contributed by atoms with Gasteiger partial charge >= 0.3 is 0 Å². The number of nitrogens with zero attached hydrogens (tertiary/aromatic N) is 6. The van der Waals surface area contributed by atoms with Crippen molar-refractivity contribution < 1.29 is 4.39 Å². The first-order chi connectivity index (χ1) is 15.2. The molecule has 0 N–H and O–H groups in total. The highest BCUT2D eigenvalue weighted by Gasteiger charge is 2.22. The lowest BCUT2D eigenvalue weighted by Gasteiger charge is -2.33. The van der Waals surface area contributed by atoms with Gasteiger partial charge in [0.25, 0.3) is 5.56 Å². The predicted octanol–water partition coefficient (Wildman–Crippen LogP) is 3.30. The van der Waals surface area contributed by atoms with E-state index in [1.54, 1.807) is 35.4 Å². The summed E-state index contributed by atoms with van der Waals surface area (Å²) in [6.45, 7) is 2.23. The van der Waals surface area contributed by atoms with Gasteiger partial charge in [-0.2, -0.15) is 0 Å². The molecule has 1 saturated heterocycles. The van der Waals surface area contributed by atoms with Crippen LogP contribution < -0.4 is 10.5 Å². The Kier molecular flexibility index (Phi) is 5.11. The van der Waals surface area contributed by atoms with Crippen molar-refractivity contribution in [3.63, 3.8) is 0 Å². The van der Waals surface area contributed by atoms with E-state index in [4.69, 9.17) is 0 Å². The number of fused-ring (bicyclic) bond motifs is 1. The number of benzene rings is 1. The van der Waals surface area contributed by atoms with Crippen LogP contribution in [0, 0.1) is 11.7 Å². The molecule has 4 aromatic rings. The first-order valence-corrected chi connectivity index (χ1v) is 10.3. The van der Waals surface area contributed by atoms with Gasteiger partial charge in [0.05, 0.1) is 17.5 Å². The fraction of sp³-hybridized carbons (Fsp3) is 0.261. The van der Waals surface area contributed by atoms with E-state index in [9.17, 15) is 9.18 Å². The zero-order chi connectivity index (χ0) is 21.2. The van der Waals surface area contributed by atoms with Crippen LogP contribution in [0.15, 0.2) is 66.2 Å². The van der Waals surface area contributed by atoms with Gasteiger partial charge in [-0.25, -0.2) is 19.3 Å². The molecule has 1 fully saturated rings. The molecule has 0 unspecified atom stereocenters. The standard InChI is InChI=1S/C23H21FN6O/c24-18-1-2-20-19(11-18)23(27-14-26-20)29-9-5-16(6-10-29)13-30-15-28-21(12-22(30)31)17-3-7-25-8-4-17/h1-4,7-8,11-12,14-16H,5-6,9-10,13H2. The molecule has 1 aliphatic heterocycles. The summed E-state index contributed by atoms with van der Waals surface area (Å²) in [6.07, 6.45) is 8.36. The van der Waals surface area contributed by atoms with Gasteiger partial charge in [-0.3, -0.25) is 14.3 Å². The Bertz CT molecular complexity index is 1270. The highest BCUT2D eigenvalue weighted by Crippen LogP contribution is 2.28. The van der Waals surface area contributed by atoms with E-state index in [1.165, 1.54) is 18.5 Å². The summed E-state index contributed by atoms with van der Waals surface area (Å²) < 4.78 is 15.4. The first-order valence-electron chi connectivity index (χ1n) is 10.3. The van der Waals surface area contributed by atoms with Gasteiger partial charge in [0.1, 0.15) is 18.0 Å². The van der Waals surface area contributed by atoms with Crippen LogP contribution in [0.25, 0.3) is 22.2 Å². The van der Waals surface area contributed by atoms with Gasteiger partial charge in [0, 0.05) is 49.0 Å². The molecule has 3 aromatic heterocycles. The fourth-order valence-corrected chi connectivity index (χ4v) is 4.12. The maximum absolute atomic E-state index is 13.7. The van der Waals surface area contributed by atoms with Crippen molar-refractivity contribution >= 4 is 16.7 Å². The van der Waals surface area contributed by atoms with Crippen LogP contribution in [0.5, 0.6) is 0 Å². The van der Waals surface area contributed by atoms with E-state index < -0.39 is 0 Å². The van der Waals surface area contributed by atoms with Crippen LogP contribution in [-0.2, 0) is 6.54 Å². The lowest BCUT2D eigenvalue weighted by molar-refractivity contribution is 0.350. The molecule has 1 aromatic carbocycles. The van der Waals surface area contributed by atoms with Crippen LogP contribution >= 0.6 is 0 Å². The molecule has 0 saturated carbocycles. The van der Waals surface area contributed by atoms with Crippen molar-refractivity contribution in [2.75, 3.05) is 18.0 Å². The van der Waals surface area contributed by atoms with Gasteiger partial charge in [-0.1, -0.05) is 0 Å². The molecule has 8 heteroatoms. The fourth-order valence-electron chi connectivity index (χ4n) is 4.12. The highest BCUT2D eigenvalue weighted by atomic mass is 19.1. The Morgan fingerprint density at radius 3 is 2.58 bits per heavy atom. The molecule has 0 bridgehead atoms. The van der Waals surface area contributed by atoms with E-state index in [1.807, 2.05) is 12.1 Å². The van der Waals surface area contributed by atoms with Crippen molar-refractivity contribution in [2.45, 2.75) is 19.4 Å². The molecule has 4 heterocycles. The van der Waals surface area contributed by atoms with E-state index in [2.05, 4.69) is 24.8 Å². The minimum atomic E-state index is -0.291. The summed E-state index contributed by atoms with van der Waals surface area (Å²) in [6, 6.07) is 9.84. The van der Waals surface area contributed by atoms with Crippen LogP contribution in [0.1, 0.15) is 12.8 Å². The third-order valence-corrected chi connectivity index (χ3v) is 5.80. The minimum absolute atomic E-state index is 0.0542. The van der Waals surface area contributed by atoms with Gasteiger partial charge in [0.2, 0.25) is 0 Å². The number of hydrogen-bond donors (Lipinski definition) is 0. The van der Waals surface area contributed by atoms with E-state index >= 15 is 0 Å². The number of piperidine rings is 1. The monoisotopic (exact) mass is 416 g/mol. The summed E-state index contributed by atoms with van der Waals surface area (Å²) in [5.74, 6) is 0.844. The smallest absolute Gasteiger partial charge is 0.253 e. The molecule has 5 rings (SSSR count). The van der Waals surface area contributed by atoms with E-state index in [0.29, 0.717) is 18.2 Å². The molecule has 156 valence electrons. The van der Waals surface area contributed by atoms with Gasteiger partial charge in [-0.05, 0) is 49.1 Å². The number of anilines is 1. The van der Waals surface area contributed by atoms with Gasteiger partial charge in [0.15, 0.2) is 0 Å². The zero-order valence-corrected chi connectivity index (χ0v) is 16.9. The molecular weight excluding hydrogens is 395 g/mol. The molecule has 31 heavy (non-hydrogen) atoms. The summed E-state index contributed by atoms with van der Waals surface area (Å²) >= 11 is 0. The SMILES string of the molecule is O=c1cc(-c2ccncc2)ncn1CC1CCN(c2ncnc3ccc(F)cc23)CC1. The number of hydrogen-bond acceptors (Lipinski definition) is 6. The van der Waals surface area contributed by atoms with Crippen molar-refractivity contribution in [1.29, 1.82) is 0 Å². The van der Waals surface area contributed by atoms with E-state index in [0.717, 1.165) is 48.2 Å². The quantitative estimate of drug-likeness (QED) is 0.508. The molecule has 0 aliphatic carbocycles. The minimum Gasteiger partial charge on any atom is -0.356 e. The predicted molar refractivity (Wildman–Crippen MR) is 116 cm³/mol. The van der Waals surface area contributed by atoms with E-state index in [-0.39, 0.29) is 11.4 Å². The average molecular weight is 416 g/mol. The summed E-state index contributed by atoms with van der Waals surface area (Å²) in [5.41, 5.74) is 2.21. The van der Waals surface area contributed by atoms with Gasteiger partial charge < -0.3 is 4.90 Å². The van der Waals surface area contributed by atoms with Crippen molar-refractivity contribution in [2.24, 2.45) is 5.92 Å². The summed E-state index contributed by atoms with van der Waals surface area (Å²) in [7, 11) is 0. The lowest BCUT2D eigenvalue weighted by atomic mass is 9.96. The Hall–Kier alpha value is -3.68. The molecule has 0 atom stereocenters. The molecule has 0 spiro atoms. The molecule has 0 radical (unpaired) electrons. The largest absolute Gasteiger partial charge is 0.356 e. The Morgan fingerprint density at radius 1 is 1.00 bits per heavy atom. The second-order valence-electron chi connectivity index (χ2n) is 7.79. The Labute approximate surface area is 178 Å². The number of aromatic nitrogens is 5. The van der Waals surface area contributed by atoms with Crippen LogP contribution in [0.4, 0.5) is 10.2 Å². The number of halogens is 1. The van der Waals surface area contributed by atoms with Crippen molar-refractivity contribution in [3.8, 4) is 11.3 Å². The van der Waals surface area contributed by atoms with Crippen molar-refractivity contribution in [1.82, 2.24) is 24.5 Å². The second kappa shape index (κ2) is 8.22. The molecular formula is C23H21FN6O. The Morgan fingerprint density at radius 2 is 1.81 bits per heavy atom. The van der Waals surface area contributed by atoms with Crippen LogP contribution in [-0.4, -0.2) is 37.6 Å². The summed E-state index contributed by atoms with van der Waals surface area (Å²) in [5, 5.41) is 0.730. The van der Waals surface area contributed by atoms with Gasteiger partial charge in [-0.15, -0.1) is 0 Å². The molecule has 1 aliphatic rings. The number of rotatable bonds is 4. The molecule has 7 nitrogen and oxygen atoms in total.